The number of amides is 2. The monoisotopic (exact) mass is 298 g/mol. The highest BCUT2D eigenvalue weighted by atomic mass is 16.6. The summed E-state index contributed by atoms with van der Waals surface area (Å²) >= 11 is 0. The van der Waals surface area contributed by atoms with Crippen molar-refractivity contribution in [1.29, 1.82) is 0 Å². The molecular formula is C16H30N2O3. The van der Waals surface area contributed by atoms with Gasteiger partial charge in [0.2, 0.25) is 5.91 Å². The molecule has 0 saturated carbocycles. The predicted octanol–water partition coefficient (Wildman–Crippen LogP) is 2.94. The fourth-order valence-corrected chi connectivity index (χ4v) is 2.44. The number of nitrogens with one attached hydrogen (secondary N) is 1. The Kier molecular flexibility index (Phi) is 5.65. The Morgan fingerprint density at radius 1 is 1.29 bits per heavy atom. The zero-order valence-electron chi connectivity index (χ0n) is 14.3. The second-order valence-corrected chi connectivity index (χ2v) is 7.36. The lowest BCUT2D eigenvalue weighted by molar-refractivity contribution is -0.135. The molecule has 0 aromatic rings. The maximum absolute atomic E-state index is 12.4. The summed E-state index contributed by atoms with van der Waals surface area (Å²) in [5, 5.41) is 2.62. The molecule has 5 heteroatoms. The fourth-order valence-electron chi connectivity index (χ4n) is 2.44. The van der Waals surface area contributed by atoms with E-state index in [-0.39, 0.29) is 5.91 Å². The van der Waals surface area contributed by atoms with Gasteiger partial charge in [0, 0.05) is 13.1 Å². The average molecular weight is 298 g/mol. The summed E-state index contributed by atoms with van der Waals surface area (Å²) in [6.07, 6.45) is 2.64. The van der Waals surface area contributed by atoms with Crippen molar-refractivity contribution in [3.05, 3.63) is 0 Å². The van der Waals surface area contributed by atoms with Crippen LogP contribution in [0, 0.1) is 5.41 Å². The molecule has 1 aliphatic heterocycles. The zero-order valence-corrected chi connectivity index (χ0v) is 14.3. The van der Waals surface area contributed by atoms with Gasteiger partial charge in [-0.25, -0.2) is 4.79 Å². The van der Waals surface area contributed by atoms with Crippen LogP contribution in [0.15, 0.2) is 0 Å². The van der Waals surface area contributed by atoms with E-state index < -0.39 is 17.7 Å². The van der Waals surface area contributed by atoms with E-state index in [1.807, 2.05) is 4.90 Å². The summed E-state index contributed by atoms with van der Waals surface area (Å²) in [6, 6.07) is -0.550. The van der Waals surface area contributed by atoms with Gasteiger partial charge in [-0.05, 0) is 46.0 Å². The lowest BCUT2D eigenvalue weighted by Crippen LogP contribution is -2.51. The van der Waals surface area contributed by atoms with Gasteiger partial charge in [0.05, 0.1) is 0 Å². The van der Waals surface area contributed by atoms with E-state index in [0.717, 1.165) is 32.4 Å². The van der Waals surface area contributed by atoms with Crippen LogP contribution < -0.4 is 5.32 Å². The van der Waals surface area contributed by atoms with E-state index >= 15 is 0 Å². The van der Waals surface area contributed by atoms with Gasteiger partial charge in [-0.2, -0.15) is 0 Å². The van der Waals surface area contributed by atoms with Crippen LogP contribution in [0.4, 0.5) is 4.79 Å². The summed E-state index contributed by atoms with van der Waals surface area (Å²) in [6.45, 7) is 13.1. The number of hydrogen-bond acceptors (Lipinski definition) is 3. The molecule has 1 heterocycles. The number of carbonyl (C=O) groups excluding carboxylic acids is 2. The number of piperidine rings is 1. The lowest BCUT2D eigenvalue weighted by atomic mass is 9.78. The van der Waals surface area contributed by atoms with E-state index in [1.165, 1.54) is 0 Å². The number of ether oxygens (including phenoxy) is 1. The molecular weight excluding hydrogens is 268 g/mol. The molecule has 1 unspecified atom stereocenters. The molecule has 5 nitrogen and oxygen atoms in total. The molecule has 0 aromatic heterocycles. The van der Waals surface area contributed by atoms with Gasteiger partial charge in [0.25, 0.3) is 0 Å². The maximum atomic E-state index is 12.4. The third-order valence-corrected chi connectivity index (χ3v) is 4.24. The standard InChI is InChI=1S/C16H30N2O3/c1-7-16(6)8-10-18(11-9-16)13(19)12(2)17-14(20)21-15(3,4)5/h12H,7-11H2,1-6H3,(H,17,20). The van der Waals surface area contributed by atoms with Crippen LogP contribution in [-0.4, -0.2) is 41.6 Å². The Hall–Kier alpha value is -1.26. The van der Waals surface area contributed by atoms with Crippen molar-refractivity contribution in [2.75, 3.05) is 13.1 Å². The third kappa shape index (κ3) is 5.56. The summed E-state index contributed by atoms with van der Waals surface area (Å²) in [7, 11) is 0. The van der Waals surface area contributed by atoms with Crippen molar-refractivity contribution in [1.82, 2.24) is 10.2 Å². The highest BCUT2D eigenvalue weighted by molar-refractivity contribution is 5.85. The van der Waals surface area contributed by atoms with E-state index in [2.05, 4.69) is 19.2 Å². The second-order valence-electron chi connectivity index (χ2n) is 7.36. The molecule has 0 aromatic carbocycles. The Morgan fingerprint density at radius 2 is 1.81 bits per heavy atom. The smallest absolute Gasteiger partial charge is 0.408 e. The molecule has 1 saturated heterocycles. The molecule has 1 fully saturated rings. The minimum absolute atomic E-state index is 0.0287. The van der Waals surface area contributed by atoms with Gasteiger partial charge in [0.1, 0.15) is 11.6 Å². The van der Waals surface area contributed by atoms with Gasteiger partial charge in [0.15, 0.2) is 0 Å². The SMILES string of the molecule is CCC1(C)CCN(C(=O)C(C)NC(=O)OC(C)(C)C)CC1. The largest absolute Gasteiger partial charge is 0.444 e. The average Bonchev–Trinajstić information content (AvgIpc) is 2.36. The van der Waals surface area contributed by atoms with Crippen LogP contribution in [0.25, 0.3) is 0 Å². The van der Waals surface area contributed by atoms with Crippen molar-refractivity contribution < 1.29 is 14.3 Å². The van der Waals surface area contributed by atoms with Crippen molar-refractivity contribution >= 4 is 12.0 Å². The molecule has 122 valence electrons. The van der Waals surface area contributed by atoms with Crippen LogP contribution in [0.1, 0.15) is 60.8 Å². The molecule has 1 N–H and O–H groups in total. The molecule has 0 spiro atoms. The van der Waals surface area contributed by atoms with Gasteiger partial charge >= 0.3 is 6.09 Å². The van der Waals surface area contributed by atoms with E-state index in [9.17, 15) is 9.59 Å². The minimum atomic E-state index is -0.555. The fraction of sp³-hybridized carbons (Fsp3) is 0.875. The Bertz CT molecular complexity index is 379. The van der Waals surface area contributed by atoms with Crippen molar-refractivity contribution in [3.8, 4) is 0 Å². The first-order chi connectivity index (χ1) is 9.56. The molecule has 1 rings (SSSR count). The highest BCUT2D eigenvalue weighted by Gasteiger charge is 2.32. The lowest BCUT2D eigenvalue weighted by Gasteiger charge is -2.39. The number of alkyl carbamates (subject to hydrolysis) is 1. The van der Waals surface area contributed by atoms with Gasteiger partial charge in [-0.15, -0.1) is 0 Å². The quantitative estimate of drug-likeness (QED) is 0.871. The van der Waals surface area contributed by atoms with Crippen LogP contribution >= 0.6 is 0 Å². The number of hydrogen-bond donors (Lipinski definition) is 1. The number of rotatable bonds is 3. The molecule has 1 atom stereocenters. The van der Waals surface area contributed by atoms with Crippen LogP contribution in [0.5, 0.6) is 0 Å². The maximum Gasteiger partial charge on any atom is 0.408 e. The topological polar surface area (TPSA) is 58.6 Å². The number of likely N-dealkylation sites (tertiary alicyclic amines) is 1. The Morgan fingerprint density at radius 3 is 2.24 bits per heavy atom. The van der Waals surface area contributed by atoms with Crippen molar-refractivity contribution in [2.45, 2.75) is 72.4 Å². The normalized spacial score (nSPS) is 19.8. The van der Waals surface area contributed by atoms with E-state index in [4.69, 9.17) is 4.74 Å². The first-order valence-corrected chi connectivity index (χ1v) is 7.85. The summed E-state index contributed by atoms with van der Waals surface area (Å²) in [4.78, 5) is 25.9. The molecule has 0 aliphatic carbocycles. The summed E-state index contributed by atoms with van der Waals surface area (Å²) < 4.78 is 5.18. The predicted molar refractivity (Wildman–Crippen MR) is 83.0 cm³/mol. The Balaban J connectivity index is 2.47. The first-order valence-electron chi connectivity index (χ1n) is 7.85. The van der Waals surface area contributed by atoms with Crippen LogP contribution in [0.2, 0.25) is 0 Å². The van der Waals surface area contributed by atoms with E-state index in [0.29, 0.717) is 5.41 Å². The zero-order chi connectivity index (χ0) is 16.3. The molecule has 1 aliphatic rings. The summed E-state index contributed by atoms with van der Waals surface area (Å²) in [5.74, 6) is -0.0287. The highest BCUT2D eigenvalue weighted by Crippen LogP contribution is 2.33. The van der Waals surface area contributed by atoms with Crippen molar-refractivity contribution in [2.24, 2.45) is 5.41 Å². The van der Waals surface area contributed by atoms with Crippen molar-refractivity contribution in [3.63, 3.8) is 0 Å². The minimum Gasteiger partial charge on any atom is -0.444 e. The number of carbonyl (C=O) groups is 2. The van der Waals surface area contributed by atoms with Gasteiger partial charge in [-0.3, -0.25) is 4.79 Å². The Labute approximate surface area is 128 Å². The molecule has 21 heavy (non-hydrogen) atoms. The second kappa shape index (κ2) is 6.67. The molecule has 0 radical (unpaired) electrons. The third-order valence-electron chi connectivity index (χ3n) is 4.24. The molecule has 2 amide bonds. The van der Waals surface area contributed by atoms with Crippen LogP contribution in [0.3, 0.4) is 0 Å². The van der Waals surface area contributed by atoms with Crippen LogP contribution in [-0.2, 0) is 9.53 Å². The van der Waals surface area contributed by atoms with Gasteiger partial charge < -0.3 is 15.0 Å². The van der Waals surface area contributed by atoms with E-state index in [1.54, 1.807) is 27.7 Å². The first kappa shape index (κ1) is 17.8. The summed E-state index contributed by atoms with van der Waals surface area (Å²) in [5.41, 5.74) is -0.209. The number of nitrogens with zero attached hydrogens (tertiary/aromatic N) is 1. The van der Waals surface area contributed by atoms with Gasteiger partial charge in [-0.1, -0.05) is 20.3 Å². The molecule has 0 bridgehead atoms.